The molecule has 5 rings (SSSR count). The number of nitrogens with one attached hydrogen (secondary N) is 1. The number of hydrogen-bond acceptors (Lipinski definition) is 12. The number of ether oxygens (including phenoxy) is 2. The van der Waals surface area contributed by atoms with Crippen LogP contribution in [0.2, 0.25) is 0 Å². The molecule has 0 atom stereocenters. The van der Waals surface area contributed by atoms with Crippen molar-refractivity contribution in [3.63, 3.8) is 0 Å². The van der Waals surface area contributed by atoms with Crippen molar-refractivity contribution in [1.82, 2.24) is 5.32 Å². The number of halogens is 2. The second kappa shape index (κ2) is 24.4. The smallest absolute Gasteiger partial charge is 0.488 e. The molecule has 4 aromatic carbocycles. The summed E-state index contributed by atoms with van der Waals surface area (Å²) in [4.78, 5) is 56.7. The molecule has 0 bridgehead atoms. The SMILES string of the molecule is CCCCC(=O)c1cc(Br)cc(C(=O)CCCNC(=O)OC(C)(C)C)c1.O=COc1cc(Br)cc(C(=O)O)c1.OB(O)c1ccc2sc3ccc(O)cc3c2c1.[B]O. The number of hydrogen-bond donors (Lipinski definition) is 6. The molecule has 18 heteroatoms. The Morgan fingerprint density at radius 3 is 1.91 bits per heavy atom. The van der Waals surface area contributed by atoms with Gasteiger partial charge in [0.2, 0.25) is 0 Å². The van der Waals surface area contributed by atoms with Gasteiger partial charge in [-0.05, 0) is 99.7 Å². The van der Waals surface area contributed by atoms with E-state index in [4.69, 9.17) is 24.9 Å². The minimum absolute atomic E-state index is 0.0498. The molecule has 1 amide bonds. The highest BCUT2D eigenvalue weighted by atomic mass is 79.9. The van der Waals surface area contributed by atoms with Gasteiger partial charge in [0.15, 0.2) is 11.6 Å². The third-order valence-corrected chi connectivity index (χ3v) is 9.69. The van der Waals surface area contributed by atoms with E-state index in [1.165, 1.54) is 18.2 Å². The fourth-order valence-corrected chi connectivity index (χ4v) is 7.08. The molecule has 13 nitrogen and oxygen atoms in total. The maximum Gasteiger partial charge on any atom is 0.488 e. The van der Waals surface area contributed by atoms with Crippen molar-refractivity contribution in [3.05, 3.63) is 98.4 Å². The van der Waals surface area contributed by atoms with Crippen molar-refractivity contribution >= 4 is 114 Å². The number of rotatable bonds is 13. The lowest BCUT2D eigenvalue weighted by molar-refractivity contribution is -0.120. The lowest BCUT2D eigenvalue weighted by atomic mass is 9.80. The summed E-state index contributed by atoms with van der Waals surface area (Å²) in [5, 5.41) is 47.5. The Morgan fingerprint density at radius 2 is 1.36 bits per heavy atom. The molecule has 0 saturated carbocycles. The number of aromatic carboxylic acids is 1. The molecule has 0 aliphatic carbocycles. The largest absolute Gasteiger partial charge is 0.508 e. The van der Waals surface area contributed by atoms with Gasteiger partial charge in [0.05, 0.1) is 5.56 Å². The number of amides is 1. The summed E-state index contributed by atoms with van der Waals surface area (Å²) in [6.45, 7) is 8.02. The molecular weight excluding hydrogens is 900 g/mol. The number of fused-ring (bicyclic) bond motifs is 3. The average Bonchev–Trinajstić information content (AvgIpc) is 3.52. The van der Waals surface area contributed by atoms with Crippen molar-refractivity contribution in [3.8, 4) is 11.5 Å². The van der Waals surface area contributed by atoms with Crippen molar-refractivity contribution < 1.29 is 58.7 Å². The molecular formula is C40H43B2Br2NO12S. The monoisotopic (exact) mass is 941 g/mol. The predicted molar refractivity (Wildman–Crippen MR) is 232 cm³/mol. The molecule has 306 valence electrons. The molecule has 5 aromatic rings. The highest BCUT2D eigenvalue weighted by molar-refractivity contribution is 9.10. The van der Waals surface area contributed by atoms with Crippen LogP contribution in [0.3, 0.4) is 0 Å². The van der Waals surface area contributed by atoms with E-state index < -0.39 is 24.8 Å². The summed E-state index contributed by atoms with van der Waals surface area (Å²) in [7, 11) is 2.03. The highest BCUT2D eigenvalue weighted by Crippen LogP contribution is 2.35. The summed E-state index contributed by atoms with van der Waals surface area (Å²) in [5.41, 5.74) is 1.04. The number of carboxylic acid groups (broad SMARTS) is 1. The minimum Gasteiger partial charge on any atom is -0.508 e. The first-order valence-electron chi connectivity index (χ1n) is 17.7. The quantitative estimate of drug-likeness (QED) is 0.0293. The Balaban J connectivity index is 0.000000311. The number of carbonyl (C=O) groups is 5. The topological polar surface area (TPSA) is 217 Å². The highest BCUT2D eigenvalue weighted by Gasteiger charge is 2.17. The lowest BCUT2D eigenvalue weighted by Crippen LogP contribution is -2.33. The normalized spacial score (nSPS) is 10.4. The van der Waals surface area contributed by atoms with E-state index in [1.54, 1.807) is 74.6 Å². The van der Waals surface area contributed by atoms with Crippen molar-refractivity contribution in [2.24, 2.45) is 0 Å². The van der Waals surface area contributed by atoms with E-state index in [0.717, 1.165) is 37.5 Å². The summed E-state index contributed by atoms with van der Waals surface area (Å²) < 4.78 is 13.0. The van der Waals surface area contributed by atoms with Gasteiger partial charge in [0.1, 0.15) is 17.1 Å². The van der Waals surface area contributed by atoms with Gasteiger partial charge in [-0.1, -0.05) is 57.3 Å². The Morgan fingerprint density at radius 1 is 0.810 bits per heavy atom. The number of ketones is 2. The maximum absolute atomic E-state index is 12.4. The molecule has 0 fully saturated rings. The molecule has 0 unspecified atom stereocenters. The van der Waals surface area contributed by atoms with E-state index in [1.807, 2.05) is 19.1 Å². The predicted octanol–water partition coefficient (Wildman–Crippen LogP) is 7.49. The van der Waals surface area contributed by atoms with Crippen molar-refractivity contribution in [2.75, 3.05) is 6.54 Å². The molecule has 1 aromatic heterocycles. The van der Waals surface area contributed by atoms with Gasteiger partial charge in [0, 0.05) is 59.6 Å². The number of phenolic OH excluding ortho intramolecular Hbond substituents is 1. The van der Waals surface area contributed by atoms with E-state index in [-0.39, 0.29) is 41.5 Å². The maximum atomic E-state index is 12.4. The fourth-order valence-electron chi connectivity index (χ4n) is 5.04. The average molecular weight is 943 g/mol. The number of carbonyl (C=O) groups excluding carboxylic acids is 4. The van der Waals surface area contributed by atoms with E-state index in [9.17, 15) is 29.1 Å². The van der Waals surface area contributed by atoms with Gasteiger partial charge >= 0.3 is 19.2 Å². The fraction of sp³-hybridized carbons (Fsp3) is 0.275. The van der Waals surface area contributed by atoms with Crippen LogP contribution < -0.4 is 15.5 Å². The minimum atomic E-state index is -1.47. The van der Waals surface area contributed by atoms with Crippen LogP contribution in [-0.4, -0.2) is 82.7 Å². The second-order valence-electron chi connectivity index (χ2n) is 13.3. The summed E-state index contributed by atoms with van der Waals surface area (Å²) in [5.74, 6) is -0.665. The van der Waals surface area contributed by atoms with Crippen LogP contribution >= 0.6 is 43.2 Å². The van der Waals surface area contributed by atoms with Crippen LogP contribution in [0.25, 0.3) is 20.2 Å². The van der Waals surface area contributed by atoms with E-state index in [0.29, 0.717) is 40.4 Å². The zero-order chi connectivity index (χ0) is 43.6. The first-order valence-corrected chi connectivity index (χ1v) is 20.1. The third kappa shape index (κ3) is 16.7. The van der Waals surface area contributed by atoms with Crippen molar-refractivity contribution in [2.45, 2.75) is 65.4 Å². The lowest BCUT2D eigenvalue weighted by Gasteiger charge is -2.19. The molecule has 2 radical (unpaired) electrons. The van der Waals surface area contributed by atoms with Gasteiger partial charge in [-0.15, -0.1) is 11.3 Å². The molecule has 0 saturated heterocycles. The van der Waals surface area contributed by atoms with Gasteiger partial charge in [0.25, 0.3) is 14.5 Å². The number of benzene rings is 4. The molecule has 6 N–H and O–H groups in total. The van der Waals surface area contributed by atoms with Crippen LogP contribution in [0, 0.1) is 0 Å². The molecule has 0 aliphatic heterocycles. The van der Waals surface area contributed by atoms with Gasteiger partial charge in [-0.25, -0.2) is 9.59 Å². The molecule has 1 heterocycles. The van der Waals surface area contributed by atoms with Gasteiger partial charge in [-0.3, -0.25) is 14.4 Å². The van der Waals surface area contributed by atoms with E-state index >= 15 is 0 Å². The van der Waals surface area contributed by atoms with Crippen LogP contribution in [0.4, 0.5) is 4.79 Å². The zero-order valence-electron chi connectivity index (χ0n) is 32.2. The standard InChI is InChI=1S/C20H28BrNO4.C12H9BO3S.C8H5BrO4.BHO/c1-5-6-8-17(23)14-11-15(13-16(21)12-14)18(24)9-7-10-22-19(25)26-20(2,3)4;14-8-2-4-12-10(6-8)9-5-7(13(15)16)1-3-11(9)17-12;9-6-1-5(8(11)12)2-7(3-6)13-4-10;1-2/h11-13H,5-10H2,1-4H3,(H,22,25);1-6,14-16H;1-4H,(H,11,12);2H. The van der Waals surface area contributed by atoms with Crippen LogP contribution in [0.1, 0.15) is 90.9 Å². The Kier molecular flexibility index (Phi) is 20.8. The summed E-state index contributed by atoms with van der Waals surface area (Å²) in [6, 6.07) is 19.8. The molecule has 0 spiro atoms. The van der Waals surface area contributed by atoms with Crippen LogP contribution in [-0.2, 0) is 9.53 Å². The molecule has 58 heavy (non-hydrogen) atoms. The van der Waals surface area contributed by atoms with Gasteiger partial charge < -0.3 is 40.1 Å². The van der Waals surface area contributed by atoms with Crippen molar-refractivity contribution in [1.29, 1.82) is 0 Å². The number of phenols is 1. The Bertz CT molecular complexity index is 2190. The number of alkyl carbamates (subject to hydrolysis) is 1. The van der Waals surface area contributed by atoms with Gasteiger partial charge in [-0.2, -0.15) is 0 Å². The Labute approximate surface area is 358 Å². The first-order chi connectivity index (χ1) is 27.4. The van der Waals surface area contributed by atoms with Crippen LogP contribution in [0.5, 0.6) is 11.5 Å². The third-order valence-electron chi connectivity index (χ3n) is 7.63. The summed E-state index contributed by atoms with van der Waals surface area (Å²) >= 11 is 8.08. The second-order valence-corrected chi connectivity index (χ2v) is 16.2. The molecule has 0 aliphatic rings. The number of Topliss-reactive ketones (excluding diaryl/α,β-unsaturated/α-hetero) is 2. The zero-order valence-corrected chi connectivity index (χ0v) is 36.1. The summed E-state index contributed by atoms with van der Waals surface area (Å²) in [6.07, 6.45) is 2.58. The number of aromatic hydroxyl groups is 1. The van der Waals surface area contributed by atoms with E-state index in [2.05, 4.69) is 50.0 Å². The number of thiophene rings is 1. The first kappa shape index (κ1) is 49.6. The number of unbranched alkanes of at least 4 members (excludes halogenated alkanes) is 1. The number of carboxylic acids is 1. The van der Waals surface area contributed by atoms with Crippen LogP contribution in [0.15, 0.2) is 81.7 Å². The Hall–Kier alpha value is -4.58.